The summed E-state index contributed by atoms with van der Waals surface area (Å²) in [4.78, 5) is 0. The molecule has 0 heteroatoms. The Bertz CT molecular complexity index is 478. The molecule has 0 amide bonds. The van der Waals surface area contributed by atoms with E-state index >= 15 is 0 Å². The molecule has 0 atom stereocenters. The minimum Gasteiger partial charge on any atom is -0.0961 e. The van der Waals surface area contributed by atoms with Crippen molar-refractivity contribution in [3.8, 4) is 0 Å². The highest BCUT2D eigenvalue weighted by atomic mass is 14.3. The summed E-state index contributed by atoms with van der Waals surface area (Å²) < 4.78 is 0. The highest BCUT2D eigenvalue weighted by Crippen LogP contribution is 2.34. The van der Waals surface area contributed by atoms with Crippen molar-refractivity contribution >= 4 is 0 Å². The zero-order valence-electron chi connectivity index (χ0n) is 19.0. The number of allylic oxidation sites excluding steroid dienone is 8. The summed E-state index contributed by atoms with van der Waals surface area (Å²) in [6.45, 7) is 33.3. The molecule has 0 saturated heterocycles. The van der Waals surface area contributed by atoms with Gasteiger partial charge in [0.25, 0.3) is 0 Å². The zero-order valence-corrected chi connectivity index (χ0v) is 19.0. The molecule has 0 fully saturated rings. The quantitative estimate of drug-likeness (QED) is 0.342. The second-order valence-corrected chi connectivity index (χ2v) is 7.95. The van der Waals surface area contributed by atoms with Crippen molar-refractivity contribution in [2.75, 3.05) is 0 Å². The molecule has 0 heterocycles. The van der Waals surface area contributed by atoms with Gasteiger partial charge in [-0.1, -0.05) is 103 Å². The largest absolute Gasteiger partial charge is 0.0961 e. The number of hydrogen-bond acceptors (Lipinski definition) is 0. The van der Waals surface area contributed by atoms with Crippen molar-refractivity contribution in [2.45, 2.75) is 81.1 Å². The summed E-state index contributed by atoms with van der Waals surface area (Å²) >= 11 is 0. The molecule has 26 heavy (non-hydrogen) atoms. The van der Waals surface area contributed by atoms with Crippen LogP contribution in [-0.4, -0.2) is 0 Å². The molecule has 0 radical (unpaired) electrons. The van der Waals surface area contributed by atoms with Gasteiger partial charge in [0, 0.05) is 0 Å². The standard InChI is InChI=1S/2C13H22/c2*1-7-13(6,8-2)12(5)10-9-11(3)4/h2*9-10H,3,5,7-8H2,1-2,4,6H3/b2*10-9-. The highest BCUT2D eigenvalue weighted by Gasteiger charge is 2.21. The maximum atomic E-state index is 4.11. The Balaban J connectivity index is 0. The topological polar surface area (TPSA) is 0 Å². The first-order valence-corrected chi connectivity index (χ1v) is 9.98. The van der Waals surface area contributed by atoms with E-state index < -0.39 is 0 Å². The molecule has 0 rings (SSSR count). The molecule has 0 saturated carbocycles. The summed E-state index contributed by atoms with van der Waals surface area (Å²) in [5.74, 6) is 0. The Labute approximate surface area is 165 Å². The van der Waals surface area contributed by atoms with Crippen molar-refractivity contribution in [1.29, 1.82) is 0 Å². The van der Waals surface area contributed by atoms with Gasteiger partial charge >= 0.3 is 0 Å². The van der Waals surface area contributed by atoms with E-state index in [2.05, 4.69) is 80.0 Å². The third kappa shape index (κ3) is 9.80. The first-order chi connectivity index (χ1) is 11.9. The lowest BCUT2D eigenvalue weighted by atomic mass is 9.78. The minimum atomic E-state index is 0.256. The van der Waals surface area contributed by atoms with Crippen LogP contribution >= 0.6 is 0 Å². The van der Waals surface area contributed by atoms with Gasteiger partial charge in [0.05, 0.1) is 0 Å². The Morgan fingerprint density at radius 1 is 0.577 bits per heavy atom. The third-order valence-electron chi connectivity index (χ3n) is 5.81. The number of rotatable bonds is 10. The number of hydrogen-bond donors (Lipinski definition) is 0. The van der Waals surface area contributed by atoms with Crippen LogP contribution in [0.5, 0.6) is 0 Å². The predicted molar refractivity (Wildman–Crippen MR) is 124 cm³/mol. The molecule has 0 aromatic rings. The summed E-state index contributed by atoms with van der Waals surface area (Å²) in [5, 5.41) is 0. The average molecular weight is 357 g/mol. The van der Waals surface area contributed by atoms with E-state index in [1.165, 1.54) is 11.1 Å². The Morgan fingerprint density at radius 3 is 0.962 bits per heavy atom. The van der Waals surface area contributed by atoms with Gasteiger partial charge in [-0.15, -0.1) is 0 Å². The van der Waals surface area contributed by atoms with Crippen LogP contribution in [0.15, 0.2) is 72.9 Å². The van der Waals surface area contributed by atoms with Crippen molar-refractivity contribution in [3.63, 3.8) is 0 Å². The molecule has 0 N–H and O–H groups in total. The molecule has 0 aliphatic carbocycles. The Morgan fingerprint density at radius 2 is 0.808 bits per heavy atom. The molecule has 0 aliphatic rings. The van der Waals surface area contributed by atoms with Gasteiger partial charge in [-0.25, -0.2) is 0 Å². The van der Waals surface area contributed by atoms with Crippen LogP contribution in [-0.2, 0) is 0 Å². The van der Waals surface area contributed by atoms with Gasteiger partial charge in [0.1, 0.15) is 0 Å². The smallest absolute Gasteiger partial charge is 0.00863 e. The normalized spacial score (nSPS) is 12.0. The van der Waals surface area contributed by atoms with E-state index in [4.69, 9.17) is 0 Å². The van der Waals surface area contributed by atoms with Crippen LogP contribution in [0.1, 0.15) is 81.1 Å². The van der Waals surface area contributed by atoms with E-state index in [1.54, 1.807) is 0 Å². The van der Waals surface area contributed by atoms with Crippen LogP contribution < -0.4 is 0 Å². The van der Waals surface area contributed by atoms with Crippen molar-refractivity contribution in [1.82, 2.24) is 0 Å². The van der Waals surface area contributed by atoms with E-state index in [0.717, 1.165) is 36.8 Å². The van der Waals surface area contributed by atoms with Crippen LogP contribution in [0, 0.1) is 10.8 Å². The Kier molecular flexibility index (Phi) is 13.1. The van der Waals surface area contributed by atoms with Gasteiger partial charge in [0.2, 0.25) is 0 Å². The van der Waals surface area contributed by atoms with Crippen molar-refractivity contribution < 1.29 is 0 Å². The van der Waals surface area contributed by atoms with Crippen LogP contribution in [0.3, 0.4) is 0 Å². The zero-order chi connectivity index (χ0) is 21.0. The molecule has 0 unspecified atom stereocenters. The lowest BCUT2D eigenvalue weighted by molar-refractivity contribution is 0.378. The lowest BCUT2D eigenvalue weighted by Gasteiger charge is -2.27. The SMILES string of the molecule is C=C(C)/C=C\C(=C)C(C)(CC)CC.C=C(C)/C=C\C(=C)C(C)(CC)CC. The van der Waals surface area contributed by atoms with Gasteiger partial charge in [-0.05, 0) is 61.5 Å². The van der Waals surface area contributed by atoms with Crippen LogP contribution in [0.25, 0.3) is 0 Å². The van der Waals surface area contributed by atoms with Crippen molar-refractivity contribution in [3.05, 3.63) is 72.9 Å². The van der Waals surface area contributed by atoms with E-state index in [1.807, 2.05) is 26.0 Å². The highest BCUT2D eigenvalue weighted by molar-refractivity contribution is 5.28. The van der Waals surface area contributed by atoms with Crippen molar-refractivity contribution in [2.24, 2.45) is 10.8 Å². The first kappa shape index (κ1) is 26.7. The summed E-state index contributed by atoms with van der Waals surface area (Å²) in [7, 11) is 0. The molecule has 0 nitrogen and oxygen atoms in total. The summed E-state index contributed by atoms with van der Waals surface area (Å²) in [6.07, 6.45) is 12.8. The van der Waals surface area contributed by atoms with Gasteiger partial charge in [-0.3, -0.25) is 0 Å². The third-order valence-corrected chi connectivity index (χ3v) is 5.81. The minimum absolute atomic E-state index is 0.256. The average Bonchev–Trinajstić information content (AvgIpc) is 2.62. The predicted octanol–water partition coefficient (Wildman–Crippen LogP) is 9.00. The maximum absolute atomic E-state index is 4.11. The van der Waals surface area contributed by atoms with E-state index in [9.17, 15) is 0 Å². The monoisotopic (exact) mass is 356 g/mol. The summed E-state index contributed by atoms with van der Waals surface area (Å²) in [5.41, 5.74) is 5.09. The molecule has 0 aromatic carbocycles. The molecule has 0 aromatic heterocycles. The van der Waals surface area contributed by atoms with E-state index in [-0.39, 0.29) is 10.8 Å². The fourth-order valence-electron chi connectivity index (χ4n) is 2.30. The second-order valence-electron chi connectivity index (χ2n) is 7.95. The molecule has 0 aliphatic heterocycles. The van der Waals surface area contributed by atoms with E-state index in [0.29, 0.717) is 0 Å². The fraction of sp³-hybridized carbons (Fsp3) is 0.538. The van der Waals surface area contributed by atoms with Gasteiger partial charge in [0.15, 0.2) is 0 Å². The fourth-order valence-corrected chi connectivity index (χ4v) is 2.30. The summed E-state index contributed by atoms with van der Waals surface area (Å²) in [6, 6.07) is 0. The molecule has 0 spiro atoms. The molecule has 0 bridgehead atoms. The molecular weight excluding hydrogens is 312 g/mol. The maximum Gasteiger partial charge on any atom is -0.00863 e. The molecular formula is C26H44. The van der Waals surface area contributed by atoms with Crippen LogP contribution in [0.2, 0.25) is 0 Å². The second kappa shape index (κ2) is 12.7. The van der Waals surface area contributed by atoms with Crippen LogP contribution in [0.4, 0.5) is 0 Å². The Hall–Kier alpha value is -1.56. The first-order valence-electron chi connectivity index (χ1n) is 9.98. The van der Waals surface area contributed by atoms with Gasteiger partial charge < -0.3 is 0 Å². The lowest BCUT2D eigenvalue weighted by Crippen LogP contribution is -2.14. The molecule has 148 valence electrons. The van der Waals surface area contributed by atoms with Gasteiger partial charge in [-0.2, -0.15) is 0 Å².